The van der Waals surface area contributed by atoms with E-state index >= 15 is 0 Å². The quantitative estimate of drug-likeness (QED) is 0.815. The van der Waals surface area contributed by atoms with E-state index in [0.29, 0.717) is 19.2 Å². The molecule has 0 radical (unpaired) electrons. The average molecular weight is 262 g/mol. The van der Waals surface area contributed by atoms with Crippen LogP contribution >= 0.6 is 0 Å². The third-order valence-electron chi connectivity index (χ3n) is 3.50. The van der Waals surface area contributed by atoms with Crippen LogP contribution in [0.1, 0.15) is 18.4 Å². The van der Waals surface area contributed by atoms with Gasteiger partial charge in [-0.25, -0.2) is 0 Å². The molecule has 0 spiro atoms. The van der Waals surface area contributed by atoms with Gasteiger partial charge >= 0.3 is 5.97 Å². The fourth-order valence-electron chi connectivity index (χ4n) is 2.23. The molecular weight excluding hydrogens is 240 g/mol. The van der Waals surface area contributed by atoms with Crippen LogP contribution in [0.25, 0.3) is 0 Å². The number of hydrogen-bond donors (Lipinski definition) is 1. The van der Waals surface area contributed by atoms with Gasteiger partial charge in [-0.1, -0.05) is 30.3 Å². The van der Waals surface area contributed by atoms with Gasteiger partial charge in [0, 0.05) is 6.04 Å². The number of esters is 1. The fourth-order valence-corrected chi connectivity index (χ4v) is 2.23. The highest BCUT2D eigenvalue weighted by Gasteiger charge is 2.17. The summed E-state index contributed by atoms with van der Waals surface area (Å²) < 4.78 is 5.23. The molecule has 0 aliphatic carbocycles. The monoisotopic (exact) mass is 262 g/mol. The Bertz CT molecular complexity index is 386. The number of rotatable bonds is 5. The molecule has 1 N–H and O–H groups in total. The molecule has 1 heterocycles. The van der Waals surface area contributed by atoms with Crippen molar-refractivity contribution in [3.63, 3.8) is 0 Å². The zero-order valence-corrected chi connectivity index (χ0v) is 11.5. The van der Waals surface area contributed by atoms with E-state index in [-0.39, 0.29) is 5.97 Å². The first-order valence-electron chi connectivity index (χ1n) is 6.85. The normalized spacial score (nSPS) is 17.3. The van der Waals surface area contributed by atoms with Gasteiger partial charge in [0.05, 0.1) is 6.54 Å². The van der Waals surface area contributed by atoms with E-state index in [1.54, 1.807) is 0 Å². The number of hydrogen-bond acceptors (Lipinski definition) is 4. The summed E-state index contributed by atoms with van der Waals surface area (Å²) in [6.07, 6.45) is 2.20. The van der Waals surface area contributed by atoms with Crippen molar-refractivity contribution >= 4 is 5.97 Å². The van der Waals surface area contributed by atoms with Gasteiger partial charge in [-0.15, -0.1) is 0 Å². The molecule has 0 atom stereocenters. The van der Waals surface area contributed by atoms with Crippen LogP contribution < -0.4 is 5.32 Å². The van der Waals surface area contributed by atoms with Crippen LogP contribution in [0.2, 0.25) is 0 Å². The molecule has 0 amide bonds. The molecule has 0 unspecified atom stereocenters. The Morgan fingerprint density at radius 1 is 1.32 bits per heavy atom. The number of nitrogens with zero attached hydrogens (tertiary/aromatic N) is 1. The van der Waals surface area contributed by atoms with Crippen molar-refractivity contribution in [3.8, 4) is 0 Å². The van der Waals surface area contributed by atoms with Crippen LogP contribution in [0.3, 0.4) is 0 Å². The molecule has 19 heavy (non-hydrogen) atoms. The first-order valence-corrected chi connectivity index (χ1v) is 6.85. The molecule has 1 aromatic carbocycles. The van der Waals surface area contributed by atoms with Crippen LogP contribution in [0, 0.1) is 0 Å². The van der Waals surface area contributed by atoms with E-state index < -0.39 is 0 Å². The van der Waals surface area contributed by atoms with Crippen LogP contribution in [-0.4, -0.2) is 43.6 Å². The van der Waals surface area contributed by atoms with Gasteiger partial charge in [0.1, 0.15) is 6.61 Å². The van der Waals surface area contributed by atoms with E-state index in [9.17, 15) is 4.79 Å². The third-order valence-corrected chi connectivity index (χ3v) is 3.50. The molecule has 0 saturated carbocycles. The molecule has 1 aliphatic heterocycles. The van der Waals surface area contributed by atoms with E-state index in [1.807, 2.05) is 30.3 Å². The van der Waals surface area contributed by atoms with Crippen molar-refractivity contribution in [2.24, 2.45) is 0 Å². The second-order valence-electron chi connectivity index (χ2n) is 5.10. The lowest BCUT2D eigenvalue weighted by molar-refractivity contribution is -0.144. The smallest absolute Gasteiger partial charge is 0.320 e. The second kappa shape index (κ2) is 7.26. The highest BCUT2D eigenvalue weighted by molar-refractivity contribution is 5.71. The molecule has 1 aliphatic rings. The SMILES string of the molecule is CN1CCC(NCC(=O)OCc2ccccc2)CC1. The Kier molecular flexibility index (Phi) is 5.36. The predicted molar refractivity (Wildman–Crippen MR) is 74.8 cm³/mol. The van der Waals surface area contributed by atoms with Gasteiger partial charge in [0.2, 0.25) is 0 Å². The van der Waals surface area contributed by atoms with Gasteiger partial charge in [0.25, 0.3) is 0 Å². The van der Waals surface area contributed by atoms with Crippen molar-refractivity contribution in [2.75, 3.05) is 26.7 Å². The van der Waals surface area contributed by atoms with Crippen LogP contribution in [-0.2, 0) is 16.1 Å². The molecular formula is C15H22N2O2. The Morgan fingerprint density at radius 2 is 2.00 bits per heavy atom. The molecule has 0 bridgehead atoms. The van der Waals surface area contributed by atoms with E-state index in [4.69, 9.17) is 4.74 Å². The highest BCUT2D eigenvalue weighted by atomic mass is 16.5. The number of ether oxygens (including phenoxy) is 1. The van der Waals surface area contributed by atoms with Crippen molar-refractivity contribution in [2.45, 2.75) is 25.5 Å². The zero-order valence-electron chi connectivity index (χ0n) is 11.5. The first kappa shape index (κ1) is 14.0. The number of nitrogens with one attached hydrogen (secondary N) is 1. The predicted octanol–water partition coefficient (Wildman–Crippen LogP) is 1.41. The summed E-state index contributed by atoms with van der Waals surface area (Å²) >= 11 is 0. The summed E-state index contributed by atoms with van der Waals surface area (Å²) in [6, 6.07) is 10.2. The Hall–Kier alpha value is -1.39. The van der Waals surface area contributed by atoms with Gasteiger partial charge in [-0.2, -0.15) is 0 Å². The average Bonchev–Trinajstić information content (AvgIpc) is 2.45. The lowest BCUT2D eigenvalue weighted by Gasteiger charge is -2.29. The lowest BCUT2D eigenvalue weighted by atomic mass is 10.1. The summed E-state index contributed by atoms with van der Waals surface area (Å²) in [7, 11) is 2.13. The largest absolute Gasteiger partial charge is 0.460 e. The molecule has 0 aromatic heterocycles. The molecule has 4 heteroatoms. The van der Waals surface area contributed by atoms with Crippen molar-refractivity contribution in [3.05, 3.63) is 35.9 Å². The van der Waals surface area contributed by atoms with Gasteiger partial charge in [-0.05, 0) is 38.5 Å². The number of carbonyl (C=O) groups is 1. The summed E-state index contributed by atoms with van der Waals surface area (Å²) in [5.41, 5.74) is 1.02. The summed E-state index contributed by atoms with van der Waals surface area (Å²) in [5.74, 6) is -0.178. The summed E-state index contributed by atoms with van der Waals surface area (Å²) in [4.78, 5) is 13.9. The topological polar surface area (TPSA) is 41.6 Å². The number of carbonyl (C=O) groups excluding carboxylic acids is 1. The standard InChI is InChI=1S/C15H22N2O2/c1-17-9-7-14(8-10-17)16-11-15(18)19-12-13-5-3-2-4-6-13/h2-6,14,16H,7-12H2,1H3. The van der Waals surface area contributed by atoms with Crippen LogP contribution in [0.5, 0.6) is 0 Å². The zero-order chi connectivity index (χ0) is 13.5. The minimum absolute atomic E-state index is 0.178. The maximum absolute atomic E-state index is 11.6. The minimum atomic E-state index is -0.178. The highest BCUT2D eigenvalue weighted by Crippen LogP contribution is 2.07. The third kappa shape index (κ3) is 5.01. The van der Waals surface area contributed by atoms with E-state index in [0.717, 1.165) is 31.5 Å². The molecule has 1 saturated heterocycles. The number of likely N-dealkylation sites (tertiary alicyclic amines) is 1. The molecule has 104 valence electrons. The Balaban J connectivity index is 1.62. The van der Waals surface area contributed by atoms with Gasteiger partial charge < -0.3 is 15.0 Å². The fraction of sp³-hybridized carbons (Fsp3) is 0.533. The van der Waals surface area contributed by atoms with Gasteiger partial charge in [-0.3, -0.25) is 4.79 Å². The van der Waals surface area contributed by atoms with E-state index in [1.165, 1.54) is 0 Å². The van der Waals surface area contributed by atoms with Crippen molar-refractivity contribution in [1.29, 1.82) is 0 Å². The lowest BCUT2D eigenvalue weighted by Crippen LogP contribution is -2.42. The van der Waals surface area contributed by atoms with Gasteiger partial charge in [0.15, 0.2) is 0 Å². The molecule has 1 aromatic rings. The van der Waals surface area contributed by atoms with Crippen LogP contribution in [0.15, 0.2) is 30.3 Å². The molecule has 4 nitrogen and oxygen atoms in total. The minimum Gasteiger partial charge on any atom is -0.460 e. The second-order valence-corrected chi connectivity index (χ2v) is 5.10. The molecule has 2 rings (SSSR count). The number of piperidine rings is 1. The maximum Gasteiger partial charge on any atom is 0.320 e. The van der Waals surface area contributed by atoms with E-state index in [2.05, 4.69) is 17.3 Å². The van der Waals surface area contributed by atoms with Crippen molar-refractivity contribution in [1.82, 2.24) is 10.2 Å². The molecule has 1 fully saturated rings. The number of benzene rings is 1. The maximum atomic E-state index is 11.6. The Labute approximate surface area is 114 Å². The van der Waals surface area contributed by atoms with Crippen LogP contribution in [0.4, 0.5) is 0 Å². The summed E-state index contributed by atoms with van der Waals surface area (Å²) in [6.45, 7) is 2.85. The Morgan fingerprint density at radius 3 is 2.68 bits per heavy atom. The first-order chi connectivity index (χ1) is 9.24. The summed E-state index contributed by atoms with van der Waals surface area (Å²) in [5, 5.41) is 3.28. The van der Waals surface area contributed by atoms with Crippen molar-refractivity contribution < 1.29 is 9.53 Å².